The molecular formula is C33H31N5O3S. The highest BCUT2D eigenvalue weighted by molar-refractivity contribution is 7.18. The molecule has 42 heavy (non-hydrogen) atoms. The largest absolute Gasteiger partial charge is 0.486 e. The van der Waals surface area contributed by atoms with E-state index in [1.807, 2.05) is 62.4 Å². The monoisotopic (exact) mass is 577 g/mol. The van der Waals surface area contributed by atoms with Gasteiger partial charge in [-0.25, -0.2) is 19.9 Å². The molecule has 9 heteroatoms. The predicted molar refractivity (Wildman–Crippen MR) is 165 cm³/mol. The van der Waals surface area contributed by atoms with Gasteiger partial charge in [-0.3, -0.25) is 4.79 Å². The number of benzene rings is 3. The summed E-state index contributed by atoms with van der Waals surface area (Å²) in [5.74, 6) is 1.32. The fourth-order valence-corrected chi connectivity index (χ4v) is 6.14. The van der Waals surface area contributed by atoms with Gasteiger partial charge in [-0.15, -0.1) is 11.3 Å². The van der Waals surface area contributed by atoms with E-state index in [4.69, 9.17) is 9.72 Å². The summed E-state index contributed by atoms with van der Waals surface area (Å²) in [6.07, 6.45) is 4.83. The van der Waals surface area contributed by atoms with Gasteiger partial charge in [0, 0.05) is 37.0 Å². The third-order valence-corrected chi connectivity index (χ3v) is 8.93. The third-order valence-electron chi connectivity index (χ3n) is 7.92. The molecule has 0 aliphatic carbocycles. The number of imidazole rings is 1. The molecule has 0 saturated carbocycles. The van der Waals surface area contributed by atoms with Crippen molar-refractivity contribution in [1.29, 1.82) is 0 Å². The number of ether oxygens (including phenoxy) is 1. The fraction of sp³-hybridized carbons (Fsp3) is 0.242. The number of aromatic nitrogens is 5. The number of carboxylic acids is 1. The van der Waals surface area contributed by atoms with Crippen LogP contribution in [0.15, 0.2) is 85.2 Å². The van der Waals surface area contributed by atoms with Gasteiger partial charge in [-0.2, -0.15) is 0 Å². The molecule has 212 valence electrons. The van der Waals surface area contributed by atoms with Crippen molar-refractivity contribution in [1.82, 2.24) is 24.5 Å². The van der Waals surface area contributed by atoms with Crippen LogP contribution >= 0.6 is 11.3 Å². The van der Waals surface area contributed by atoms with Crippen molar-refractivity contribution in [3.05, 3.63) is 102 Å². The van der Waals surface area contributed by atoms with E-state index in [-0.39, 0.29) is 0 Å². The molecule has 8 nitrogen and oxygen atoms in total. The summed E-state index contributed by atoms with van der Waals surface area (Å²) >= 11 is 1.62. The van der Waals surface area contributed by atoms with Crippen LogP contribution in [0, 0.1) is 5.41 Å². The summed E-state index contributed by atoms with van der Waals surface area (Å²) in [4.78, 5) is 30.7. The van der Waals surface area contributed by atoms with Crippen LogP contribution in [0.4, 0.5) is 0 Å². The van der Waals surface area contributed by atoms with Crippen LogP contribution in [-0.2, 0) is 24.4 Å². The maximum absolute atomic E-state index is 12.4. The maximum Gasteiger partial charge on any atom is 0.310 e. The minimum atomic E-state index is -0.889. The first-order valence-electron chi connectivity index (χ1n) is 14.0. The van der Waals surface area contributed by atoms with Crippen LogP contribution in [0.3, 0.4) is 0 Å². The number of aliphatic carboxylic acids is 1. The van der Waals surface area contributed by atoms with Crippen molar-refractivity contribution in [3.63, 3.8) is 0 Å². The SMILES string of the molecule is CCC(CC)(Cc1nc2cc(OCc3nc4ccccc4s3)ccc2n1Cc1ccc(-c2ncccn2)cc1)C(=O)O. The van der Waals surface area contributed by atoms with Crippen molar-refractivity contribution in [3.8, 4) is 17.1 Å². The number of nitrogens with zero attached hydrogens (tertiary/aromatic N) is 5. The summed E-state index contributed by atoms with van der Waals surface area (Å²) in [6, 6.07) is 23.9. The first kappa shape index (κ1) is 27.5. The summed E-state index contributed by atoms with van der Waals surface area (Å²) < 4.78 is 9.39. The standard InChI is InChI=1S/C33H31N5O3S/c1-3-33(4-2,32(39)40)19-29-36-26-18-24(41-21-30-37-25-8-5-6-9-28(25)42-30)14-15-27(26)38(29)20-22-10-12-23(13-11-22)31-34-16-7-17-35-31/h5-18H,3-4,19-21H2,1-2H3,(H,39,40). The first-order chi connectivity index (χ1) is 20.5. The van der Waals surface area contributed by atoms with Crippen LogP contribution in [0.25, 0.3) is 32.6 Å². The number of hydrogen-bond acceptors (Lipinski definition) is 7. The Morgan fingerprint density at radius 3 is 2.40 bits per heavy atom. The Bertz CT molecular complexity index is 1810. The quantitative estimate of drug-likeness (QED) is 0.174. The molecule has 1 N–H and O–H groups in total. The van der Waals surface area contributed by atoms with Crippen molar-refractivity contribution < 1.29 is 14.6 Å². The summed E-state index contributed by atoms with van der Waals surface area (Å²) in [5.41, 5.74) is 3.79. The molecule has 3 aromatic carbocycles. The Balaban J connectivity index is 1.31. The molecular weight excluding hydrogens is 546 g/mol. The van der Waals surface area contributed by atoms with E-state index in [1.165, 1.54) is 0 Å². The Hall–Kier alpha value is -4.63. The molecule has 3 heterocycles. The van der Waals surface area contributed by atoms with Gasteiger partial charge in [0.05, 0.1) is 26.7 Å². The molecule has 0 amide bonds. The zero-order valence-electron chi connectivity index (χ0n) is 23.5. The maximum atomic E-state index is 12.4. The summed E-state index contributed by atoms with van der Waals surface area (Å²) in [6.45, 7) is 4.78. The van der Waals surface area contributed by atoms with E-state index in [0.717, 1.165) is 43.2 Å². The van der Waals surface area contributed by atoms with E-state index in [2.05, 4.69) is 37.7 Å². The molecule has 0 aliphatic heterocycles. The Morgan fingerprint density at radius 2 is 1.69 bits per heavy atom. The number of hydrogen-bond donors (Lipinski definition) is 1. The smallest absolute Gasteiger partial charge is 0.310 e. The van der Waals surface area contributed by atoms with E-state index >= 15 is 0 Å². The molecule has 0 fully saturated rings. The number of rotatable bonds is 11. The topological polar surface area (TPSA) is 103 Å². The highest BCUT2D eigenvalue weighted by Gasteiger charge is 2.37. The predicted octanol–water partition coefficient (Wildman–Crippen LogP) is 7.16. The van der Waals surface area contributed by atoms with Gasteiger partial charge in [-0.05, 0) is 48.7 Å². The van der Waals surface area contributed by atoms with Crippen molar-refractivity contribution >= 4 is 38.6 Å². The lowest BCUT2D eigenvalue weighted by Gasteiger charge is -2.26. The van der Waals surface area contributed by atoms with Gasteiger partial charge < -0.3 is 14.4 Å². The van der Waals surface area contributed by atoms with Gasteiger partial charge in [-0.1, -0.05) is 50.2 Å². The molecule has 0 atom stereocenters. The van der Waals surface area contributed by atoms with Crippen LogP contribution in [0.5, 0.6) is 5.75 Å². The van der Waals surface area contributed by atoms with Crippen molar-refractivity contribution in [2.75, 3.05) is 0 Å². The molecule has 0 radical (unpaired) electrons. The Labute approximate surface area is 247 Å². The molecule has 3 aromatic heterocycles. The fourth-order valence-electron chi connectivity index (χ4n) is 5.26. The number of fused-ring (bicyclic) bond motifs is 2. The molecule has 6 rings (SSSR count). The zero-order chi connectivity index (χ0) is 29.1. The van der Waals surface area contributed by atoms with E-state index in [0.29, 0.717) is 44.0 Å². The highest BCUT2D eigenvalue weighted by Crippen LogP contribution is 2.34. The molecule has 0 saturated heterocycles. The number of carboxylic acid groups (broad SMARTS) is 1. The zero-order valence-corrected chi connectivity index (χ0v) is 24.3. The molecule has 6 aromatic rings. The average molecular weight is 578 g/mol. The van der Waals surface area contributed by atoms with Crippen LogP contribution < -0.4 is 4.74 Å². The molecule has 0 unspecified atom stereocenters. The Morgan fingerprint density at radius 1 is 0.929 bits per heavy atom. The molecule has 0 spiro atoms. The van der Waals surface area contributed by atoms with E-state index in [9.17, 15) is 9.90 Å². The molecule has 0 aliphatic rings. The van der Waals surface area contributed by atoms with Gasteiger partial charge >= 0.3 is 5.97 Å². The second kappa shape index (κ2) is 11.7. The lowest BCUT2D eigenvalue weighted by molar-refractivity contribution is -0.149. The number of para-hydroxylation sites is 1. The summed E-state index contributed by atoms with van der Waals surface area (Å²) in [7, 11) is 0. The Kier molecular flexibility index (Phi) is 7.67. The second-order valence-electron chi connectivity index (χ2n) is 10.4. The highest BCUT2D eigenvalue weighted by atomic mass is 32.1. The van der Waals surface area contributed by atoms with Crippen LogP contribution in [-0.4, -0.2) is 35.6 Å². The van der Waals surface area contributed by atoms with Crippen LogP contribution in [0.2, 0.25) is 0 Å². The van der Waals surface area contributed by atoms with Gasteiger partial charge in [0.2, 0.25) is 0 Å². The van der Waals surface area contributed by atoms with E-state index in [1.54, 1.807) is 29.8 Å². The van der Waals surface area contributed by atoms with Crippen molar-refractivity contribution in [2.24, 2.45) is 5.41 Å². The minimum Gasteiger partial charge on any atom is -0.486 e. The van der Waals surface area contributed by atoms with Crippen molar-refractivity contribution in [2.45, 2.75) is 46.3 Å². The molecule has 0 bridgehead atoms. The summed E-state index contributed by atoms with van der Waals surface area (Å²) in [5, 5.41) is 11.1. The van der Waals surface area contributed by atoms with Crippen LogP contribution in [0.1, 0.15) is 43.1 Å². The minimum absolute atomic E-state index is 0.335. The lowest BCUT2D eigenvalue weighted by atomic mass is 9.79. The van der Waals surface area contributed by atoms with Gasteiger partial charge in [0.15, 0.2) is 5.82 Å². The first-order valence-corrected chi connectivity index (χ1v) is 14.9. The number of thiazole rings is 1. The normalized spacial score (nSPS) is 11.8. The lowest BCUT2D eigenvalue weighted by Crippen LogP contribution is -2.33. The second-order valence-corrected chi connectivity index (χ2v) is 11.5. The number of carbonyl (C=O) groups is 1. The van der Waals surface area contributed by atoms with E-state index < -0.39 is 11.4 Å². The van der Waals surface area contributed by atoms with Gasteiger partial charge in [0.1, 0.15) is 23.2 Å². The average Bonchev–Trinajstić information content (AvgIpc) is 3.59. The van der Waals surface area contributed by atoms with Gasteiger partial charge in [0.25, 0.3) is 0 Å². The third kappa shape index (κ3) is 5.47.